The highest BCUT2D eigenvalue weighted by atomic mass is 16.4. The second-order valence-electron chi connectivity index (χ2n) is 6.20. The van der Waals surface area contributed by atoms with Gasteiger partial charge in [-0.3, -0.25) is 9.80 Å². The first-order valence-electron chi connectivity index (χ1n) is 8.01. The van der Waals surface area contributed by atoms with Gasteiger partial charge >= 0.3 is 5.63 Å². The predicted octanol–water partition coefficient (Wildman–Crippen LogP) is 1.93. The standard InChI is InChI=1S/C16H24N2O3/c19-15-13(10-17-6-2-1-3-7-17)12-21-16(20)14(15)11-18-8-4-5-9-18/h12,19H,1-11H2. The van der Waals surface area contributed by atoms with Crippen LogP contribution in [0.15, 0.2) is 15.5 Å². The van der Waals surface area contributed by atoms with E-state index in [2.05, 4.69) is 9.80 Å². The summed E-state index contributed by atoms with van der Waals surface area (Å²) in [6.07, 6.45) is 7.46. The lowest BCUT2D eigenvalue weighted by Gasteiger charge is -2.26. The molecule has 0 aliphatic carbocycles. The Morgan fingerprint density at radius 1 is 0.952 bits per heavy atom. The Hall–Kier alpha value is -1.33. The highest BCUT2D eigenvalue weighted by Gasteiger charge is 2.21. The van der Waals surface area contributed by atoms with E-state index in [0.29, 0.717) is 18.7 Å². The molecule has 0 radical (unpaired) electrons. The number of rotatable bonds is 4. The molecular weight excluding hydrogens is 268 g/mol. The summed E-state index contributed by atoms with van der Waals surface area (Å²) in [4.78, 5) is 16.4. The van der Waals surface area contributed by atoms with Gasteiger partial charge < -0.3 is 9.52 Å². The van der Waals surface area contributed by atoms with Gasteiger partial charge in [0.05, 0.1) is 5.56 Å². The number of hydrogen-bond acceptors (Lipinski definition) is 5. The quantitative estimate of drug-likeness (QED) is 0.919. The van der Waals surface area contributed by atoms with Crippen LogP contribution >= 0.6 is 0 Å². The largest absolute Gasteiger partial charge is 0.507 e. The minimum atomic E-state index is -0.401. The molecule has 0 unspecified atom stereocenters. The molecular formula is C16H24N2O3. The maximum absolute atomic E-state index is 11.9. The van der Waals surface area contributed by atoms with Crippen molar-refractivity contribution in [2.45, 2.75) is 45.2 Å². The Balaban J connectivity index is 1.76. The van der Waals surface area contributed by atoms with Crippen molar-refractivity contribution in [3.63, 3.8) is 0 Å². The molecule has 5 nitrogen and oxygen atoms in total. The maximum Gasteiger partial charge on any atom is 0.343 e. The van der Waals surface area contributed by atoms with Gasteiger partial charge in [-0.2, -0.15) is 0 Å². The van der Waals surface area contributed by atoms with Crippen LogP contribution in [-0.4, -0.2) is 41.1 Å². The van der Waals surface area contributed by atoms with Crippen molar-refractivity contribution in [1.29, 1.82) is 0 Å². The van der Waals surface area contributed by atoms with Crippen LogP contribution in [-0.2, 0) is 13.1 Å². The van der Waals surface area contributed by atoms with E-state index in [0.717, 1.165) is 31.7 Å². The van der Waals surface area contributed by atoms with Crippen molar-refractivity contribution in [3.8, 4) is 5.75 Å². The van der Waals surface area contributed by atoms with E-state index in [-0.39, 0.29) is 5.75 Å². The average Bonchev–Trinajstić information content (AvgIpc) is 3.01. The Morgan fingerprint density at radius 3 is 2.19 bits per heavy atom. The molecule has 2 saturated heterocycles. The average molecular weight is 292 g/mol. The monoisotopic (exact) mass is 292 g/mol. The first-order chi connectivity index (χ1) is 10.2. The van der Waals surface area contributed by atoms with Crippen molar-refractivity contribution < 1.29 is 9.52 Å². The van der Waals surface area contributed by atoms with E-state index >= 15 is 0 Å². The lowest BCUT2D eigenvalue weighted by Crippen LogP contribution is -2.29. The van der Waals surface area contributed by atoms with E-state index in [9.17, 15) is 9.90 Å². The van der Waals surface area contributed by atoms with Crippen LogP contribution in [0.5, 0.6) is 5.75 Å². The summed E-state index contributed by atoms with van der Waals surface area (Å²) in [6.45, 7) is 5.27. The van der Waals surface area contributed by atoms with Crippen molar-refractivity contribution in [3.05, 3.63) is 27.8 Å². The zero-order valence-electron chi connectivity index (χ0n) is 12.5. The van der Waals surface area contributed by atoms with Gasteiger partial charge in [0.1, 0.15) is 12.0 Å². The van der Waals surface area contributed by atoms with Gasteiger partial charge in [0.15, 0.2) is 0 Å². The van der Waals surface area contributed by atoms with Gasteiger partial charge in [0.2, 0.25) is 0 Å². The predicted molar refractivity (Wildman–Crippen MR) is 80.3 cm³/mol. The topological polar surface area (TPSA) is 56.9 Å². The number of likely N-dealkylation sites (tertiary alicyclic amines) is 2. The third-order valence-corrected chi connectivity index (χ3v) is 4.57. The molecule has 3 rings (SSSR count). The summed E-state index contributed by atoms with van der Waals surface area (Å²) < 4.78 is 5.15. The fourth-order valence-corrected chi connectivity index (χ4v) is 3.32. The lowest BCUT2D eigenvalue weighted by molar-refractivity contribution is 0.215. The molecule has 1 aromatic rings. The molecule has 3 heterocycles. The van der Waals surface area contributed by atoms with Gasteiger partial charge in [-0.05, 0) is 51.9 Å². The molecule has 0 atom stereocenters. The Bertz CT molecular complexity index is 529. The second-order valence-corrected chi connectivity index (χ2v) is 6.20. The molecule has 21 heavy (non-hydrogen) atoms. The van der Waals surface area contributed by atoms with Crippen molar-refractivity contribution >= 4 is 0 Å². The van der Waals surface area contributed by atoms with Crippen LogP contribution in [0.1, 0.15) is 43.2 Å². The third-order valence-electron chi connectivity index (χ3n) is 4.57. The number of nitrogens with zero attached hydrogens (tertiary/aromatic N) is 2. The van der Waals surface area contributed by atoms with E-state index in [1.807, 2.05) is 0 Å². The highest BCUT2D eigenvalue weighted by molar-refractivity contribution is 5.36. The molecule has 2 aliphatic heterocycles. The first kappa shape index (κ1) is 14.6. The van der Waals surface area contributed by atoms with E-state index in [1.54, 1.807) is 0 Å². The molecule has 1 N–H and O–H groups in total. The van der Waals surface area contributed by atoms with Crippen LogP contribution in [0.3, 0.4) is 0 Å². The Kier molecular flexibility index (Phi) is 4.60. The highest BCUT2D eigenvalue weighted by Crippen LogP contribution is 2.24. The summed E-state index contributed by atoms with van der Waals surface area (Å²) in [5, 5.41) is 10.4. The minimum Gasteiger partial charge on any atom is -0.507 e. The van der Waals surface area contributed by atoms with Gasteiger partial charge in [-0.25, -0.2) is 4.79 Å². The van der Waals surface area contributed by atoms with E-state index in [4.69, 9.17) is 4.42 Å². The second kappa shape index (κ2) is 6.62. The van der Waals surface area contributed by atoms with Crippen LogP contribution in [0, 0.1) is 0 Å². The molecule has 0 amide bonds. The SMILES string of the molecule is O=c1occ(CN2CCCCC2)c(O)c1CN1CCCC1. The fourth-order valence-electron chi connectivity index (χ4n) is 3.32. The molecule has 1 aromatic heterocycles. The van der Waals surface area contributed by atoms with Crippen LogP contribution in [0.2, 0.25) is 0 Å². The first-order valence-corrected chi connectivity index (χ1v) is 8.01. The summed E-state index contributed by atoms with van der Waals surface area (Å²) in [5.41, 5.74) is 0.763. The van der Waals surface area contributed by atoms with Crippen LogP contribution < -0.4 is 5.63 Å². The van der Waals surface area contributed by atoms with Gasteiger partial charge in [-0.1, -0.05) is 6.42 Å². The molecule has 2 fully saturated rings. The van der Waals surface area contributed by atoms with Gasteiger partial charge in [-0.15, -0.1) is 0 Å². The summed E-state index contributed by atoms with van der Waals surface area (Å²) in [6, 6.07) is 0. The van der Waals surface area contributed by atoms with E-state index < -0.39 is 5.63 Å². The summed E-state index contributed by atoms with van der Waals surface area (Å²) in [5.74, 6) is 0.142. The van der Waals surface area contributed by atoms with Crippen LogP contribution in [0.4, 0.5) is 0 Å². The molecule has 0 bridgehead atoms. The molecule has 116 valence electrons. The summed E-state index contributed by atoms with van der Waals surface area (Å²) in [7, 11) is 0. The molecule has 2 aliphatic rings. The maximum atomic E-state index is 11.9. The third kappa shape index (κ3) is 3.47. The van der Waals surface area contributed by atoms with Gasteiger partial charge in [0.25, 0.3) is 0 Å². The van der Waals surface area contributed by atoms with E-state index in [1.165, 1.54) is 38.4 Å². The zero-order valence-corrected chi connectivity index (χ0v) is 12.5. The number of aromatic hydroxyl groups is 1. The lowest BCUT2D eigenvalue weighted by atomic mass is 10.1. The Morgan fingerprint density at radius 2 is 1.52 bits per heavy atom. The smallest absolute Gasteiger partial charge is 0.343 e. The fraction of sp³-hybridized carbons (Fsp3) is 0.688. The van der Waals surface area contributed by atoms with Crippen LogP contribution in [0.25, 0.3) is 0 Å². The van der Waals surface area contributed by atoms with Crippen molar-refractivity contribution in [2.24, 2.45) is 0 Å². The molecule has 0 spiro atoms. The number of hydrogen-bond donors (Lipinski definition) is 1. The van der Waals surface area contributed by atoms with Crippen molar-refractivity contribution in [1.82, 2.24) is 9.80 Å². The number of piperidine rings is 1. The minimum absolute atomic E-state index is 0.142. The molecule has 5 heteroatoms. The normalized spacial score (nSPS) is 21.0. The Labute approximate surface area is 125 Å². The summed E-state index contributed by atoms with van der Waals surface area (Å²) >= 11 is 0. The molecule has 0 saturated carbocycles. The molecule has 0 aromatic carbocycles. The zero-order chi connectivity index (χ0) is 14.7. The van der Waals surface area contributed by atoms with Crippen molar-refractivity contribution in [2.75, 3.05) is 26.2 Å². The van der Waals surface area contributed by atoms with Gasteiger partial charge in [0, 0.05) is 18.7 Å².